The van der Waals surface area contributed by atoms with Crippen LogP contribution in [0, 0.1) is 0 Å². The standard InChI is InChI=1S/C13H23N3O2/c1-5-11-9-12(15(3)14-11)10-16(6-2)8-7-13(17)18-4/h9H,5-8,10H2,1-4H3. The van der Waals surface area contributed by atoms with Gasteiger partial charge in [-0.3, -0.25) is 14.4 Å². The van der Waals surface area contributed by atoms with Crippen LogP contribution in [0.4, 0.5) is 0 Å². The van der Waals surface area contributed by atoms with Crippen molar-refractivity contribution >= 4 is 5.97 Å². The Kier molecular flexibility index (Phi) is 5.85. The van der Waals surface area contributed by atoms with Gasteiger partial charge >= 0.3 is 5.97 Å². The van der Waals surface area contributed by atoms with Gasteiger partial charge in [-0.05, 0) is 19.0 Å². The molecule has 0 unspecified atom stereocenters. The van der Waals surface area contributed by atoms with Gasteiger partial charge in [-0.15, -0.1) is 0 Å². The average molecular weight is 253 g/mol. The van der Waals surface area contributed by atoms with Gasteiger partial charge in [-0.2, -0.15) is 5.10 Å². The van der Waals surface area contributed by atoms with Gasteiger partial charge in [0.15, 0.2) is 0 Å². The number of hydrogen-bond acceptors (Lipinski definition) is 4. The zero-order chi connectivity index (χ0) is 13.5. The Morgan fingerprint density at radius 3 is 2.72 bits per heavy atom. The third-order valence-corrected chi connectivity index (χ3v) is 3.08. The van der Waals surface area contributed by atoms with Crippen LogP contribution in [0.5, 0.6) is 0 Å². The van der Waals surface area contributed by atoms with Crippen LogP contribution >= 0.6 is 0 Å². The molecule has 0 amide bonds. The maximum atomic E-state index is 11.1. The number of aryl methyl sites for hydroxylation is 2. The van der Waals surface area contributed by atoms with Gasteiger partial charge in [0.05, 0.1) is 24.9 Å². The molecule has 0 spiro atoms. The van der Waals surface area contributed by atoms with Gasteiger partial charge in [-0.25, -0.2) is 0 Å². The predicted octanol–water partition coefficient (Wildman–Crippen LogP) is 1.37. The number of carbonyl (C=O) groups excluding carboxylic acids is 1. The lowest BCUT2D eigenvalue weighted by Crippen LogP contribution is -2.27. The summed E-state index contributed by atoms with van der Waals surface area (Å²) >= 11 is 0. The Labute approximate surface area is 109 Å². The van der Waals surface area contributed by atoms with E-state index < -0.39 is 0 Å². The van der Waals surface area contributed by atoms with Gasteiger partial charge in [0.25, 0.3) is 0 Å². The Morgan fingerprint density at radius 2 is 2.22 bits per heavy atom. The number of aromatic nitrogens is 2. The van der Waals surface area contributed by atoms with Crippen LogP contribution in [0.15, 0.2) is 6.07 Å². The van der Waals surface area contributed by atoms with E-state index in [1.807, 2.05) is 11.7 Å². The molecule has 1 aromatic heterocycles. The lowest BCUT2D eigenvalue weighted by atomic mass is 10.3. The van der Waals surface area contributed by atoms with Crippen molar-refractivity contribution in [2.45, 2.75) is 33.2 Å². The second kappa shape index (κ2) is 7.16. The molecule has 0 aromatic carbocycles. The number of carbonyl (C=O) groups is 1. The molecular weight excluding hydrogens is 230 g/mol. The van der Waals surface area contributed by atoms with Crippen molar-refractivity contribution in [1.29, 1.82) is 0 Å². The summed E-state index contributed by atoms with van der Waals surface area (Å²) in [4.78, 5) is 13.4. The Balaban J connectivity index is 2.56. The zero-order valence-electron chi connectivity index (χ0n) is 11.8. The number of hydrogen-bond donors (Lipinski definition) is 0. The van der Waals surface area contributed by atoms with Crippen molar-refractivity contribution in [3.63, 3.8) is 0 Å². The van der Waals surface area contributed by atoms with E-state index in [1.165, 1.54) is 12.8 Å². The molecule has 0 fully saturated rings. The zero-order valence-corrected chi connectivity index (χ0v) is 11.8. The first kappa shape index (κ1) is 14.7. The summed E-state index contributed by atoms with van der Waals surface area (Å²) in [5.74, 6) is -0.160. The topological polar surface area (TPSA) is 47.4 Å². The van der Waals surface area contributed by atoms with Crippen molar-refractivity contribution in [2.24, 2.45) is 7.05 Å². The summed E-state index contributed by atoms with van der Waals surface area (Å²) in [5, 5.41) is 4.43. The second-order valence-electron chi connectivity index (χ2n) is 4.30. The second-order valence-corrected chi connectivity index (χ2v) is 4.30. The highest BCUT2D eigenvalue weighted by Crippen LogP contribution is 2.08. The molecule has 0 aliphatic rings. The number of rotatable bonds is 7. The maximum absolute atomic E-state index is 11.1. The minimum absolute atomic E-state index is 0.160. The third kappa shape index (κ3) is 4.14. The van der Waals surface area contributed by atoms with E-state index in [9.17, 15) is 4.79 Å². The molecule has 0 atom stereocenters. The first-order chi connectivity index (χ1) is 8.60. The molecule has 0 saturated heterocycles. The molecule has 0 radical (unpaired) electrons. The Morgan fingerprint density at radius 1 is 1.50 bits per heavy atom. The predicted molar refractivity (Wildman–Crippen MR) is 70.2 cm³/mol. The molecule has 1 aromatic rings. The first-order valence-electron chi connectivity index (χ1n) is 6.41. The van der Waals surface area contributed by atoms with Crippen molar-refractivity contribution in [3.8, 4) is 0 Å². The number of methoxy groups -OCH3 is 1. The van der Waals surface area contributed by atoms with Crippen LogP contribution in [0.1, 0.15) is 31.7 Å². The molecule has 102 valence electrons. The molecule has 0 aliphatic heterocycles. The van der Waals surface area contributed by atoms with E-state index in [4.69, 9.17) is 0 Å². The quantitative estimate of drug-likeness (QED) is 0.689. The smallest absolute Gasteiger partial charge is 0.306 e. The normalized spacial score (nSPS) is 10.9. The SMILES string of the molecule is CCc1cc(CN(CC)CCC(=O)OC)n(C)n1. The van der Waals surface area contributed by atoms with Gasteiger partial charge in [0.2, 0.25) is 0 Å². The summed E-state index contributed by atoms with van der Waals surface area (Å²) in [6, 6.07) is 2.13. The minimum atomic E-state index is -0.160. The molecule has 0 aliphatic carbocycles. The largest absolute Gasteiger partial charge is 0.469 e. The molecule has 1 rings (SSSR count). The fourth-order valence-corrected chi connectivity index (χ4v) is 1.82. The molecule has 0 saturated carbocycles. The third-order valence-electron chi connectivity index (χ3n) is 3.08. The lowest BCUT2D eigenvalue weighted by Gasteiger charge is -2.19. The molecule has 5 heteroatoms. The number of esters is 1. The summed E-state index contributed by atoms with van der Waals surface area (Å²) < 4.78 is 6.57. The first-order valence-corrected chi connectivity index (χ1v) is 6.41. The molecule has 18 heavy (non-hydrogen) atoms. The Bertz CT molecular complexity index is 388. The highest BCUT2D eigenvalue weighted by atomic mass is 16.5. The van der Waals surface area contributed by atoms with Crippen LogP contribution in [-0.2, 0) is 29.5 Å². The van der Waals surface area contributed by atoms with Crippen molar-refractivity contribution in [3.05, 3.63) is 17.5 Å². The van der Waals surface area contributed by atoms with E-state index in [0.717, 1.165) is 31.7 Å². The number of nitrogens with zero attached hydrogens (tertiary/aromatic N) is 3. The van der Waals surface area contributed by atoms with Crippen molar-refractivity contribution < 1.29 is 9.53 Å². The number of ether oxygens (including phenoxy) is 1. The Hall–Kier alpha value is -1.36. The van der Waals surface area contributed by atoms with Crippen molar-refractivity contribution in [2.75, 3.05) is 20.2 Å². The molecular formula is C13H23N3O2. The van der Waals surface area contributed by atoms with Gasteiger partial charge in [0.1, 0.15) is 0 Å². The fraction of sp³-hybridized carbons (Fsp3) is 0.692. The van der Waals surface area contributed by atoms with E-state index in [0.29, 0.717) is 6.42 Å². The van der Waals surface area contributed by atoms with Gasteiger partial charge in [-0.1, -0.05) is 13.8 Å². The van der Waals surface area contributed by atoms with Crippen LogP contribution in [-0.4, -0.2) is 40.8 Å². The monoisotopic (exact) mass is 253 g/mol. The minimum Gasteiger partial charge on any atom is -0.469 e. The van der Waals surface area contributed by atoms with Gasteiger partial charge < -0.3 is 4.74 Å². The average Bonchev–Trinajstić information content (AvgIpc) is 2.74. The lowest BCUT2D eigenvalue weighted by molar-refractivity contribution is -0.141. The molecule has 1 heterocycles. The summed E-state index contributed by atoms with van der Waals surface area (Å²) in [7, 11) is 3.38. The highest BCUT2D eigenvalue weighted by molar-refractivity contribution is 5.69. The van der Waals surface area contributed by atoms with Crippen LogP contribution < -0.4 is 0 Å². The van der Waals surface area contributed by atoms with Crippen molar-refractivity contribution in [1.82, 2.24) is 14.7 Å². The van der Waals surface area contributed by atoms with E-state index in [1.54, 1.807) is 0 Å². The summed E-state index contributed by atoms with van der Waals surface area (Å²) in [6.07, 6.45) is 1.38. The van der Waals surface area contributed by atoms with Crippen LogP contribution in [0.25, 0.3) is 0 Å². The van der Waals surface area contributed by atoms with E-state index in [-0.39, 0.29) is 5.97 Å². The highest BCUT2D eigenvalue weighted by Gasteiger charge is 2.10. The van der Waals surface area contributed by atoms with Gasteiger partial charge in [0, 0.05) is 20.1 Å². The van der Waals surface area contributed by atoms with E-state index >= 15 is 0 Å². The molecule has 0 N–H and O–H groups in total. The summed E-state index contributed by atoms with van der Waals surface area (Å²) in [5.41, 5.74) is 2.29. The molecule has 5 nitrogen and oxygen atoms in total. The molecule has 0 bridgehead atoms. The summed E-state index contributed by atoms with van der Waals surface area (Å²) in [6.45, 7) is 6.63. The van der Waals surface area contributed by atoms with Crippen LogP contribution in [0.3, 0.4) is 0 Å². The fourth-order valence-electron chi connectivity index (χ4n) is 1.82. The van der Waals surface area contributed by atoms with Crippen LogP contribution in [0.2, 0.25) is 0 Å². The maximum Gasteiger partial charge on any atom is 0.306 e. The van der Waals surface area contributed by atoms with E-state index in [2.05, 4.69) is 34.6 Å².